The number of aromatic nitrogens is 2. The lowest BCUT2D eigenvalue weighted by molar-refractivity contribution is 0.0209. The van der Waals surface area contributed by atoms with Gasteiger partial charge in [0.25, 0.3) is 5.91 Å². The predicted octanol–water partition coefficient (Wildman–Crippen LogP) is 0.745. The molecule has 1 unspecified atom stereocenters. The number of benzene rings is 1. The lowest BCUT2D eigenvalue weighted by atomic mass is 10.00. The Morgan fingerprint density at radius 1 is 1.31 bits per heavy atom. The third kappa shape index (κ3) is 5.09. The third-order valence-electron chi connectivity index (χ3n) is 5.24. The molecule has 0 spiro atoms. The van der Waals surface area contributed by atoms with Crippen molar-refractivity contribution in [1.82, 2.24) is 20.2 Å². The van der Waals surface area contributed by atoms with Crippen molar-refractivity contribution in [2.45, 2.75) is 32.0 Å². The maximum atomic E-state index is 12.5. The van der Waals surface area contributed by atoms with Gasteiger partial charge in [-0.3, -0.25) is 9.69 Å². The maximum absolute atomic E-state index is 12.5. The van der Waals surface area contributed by atoms with Gasteiger partial charge in [0.2, 0.25) is 0 Å². The number of carbonyl (C=O) groups is 1. The van der Waals surface area contributed by atoms with Crippen LogP contribution >= 0.6 is 0 Å². The SMILES string of the molecule is Cc1nc(NC2COC2)cc(C(=O)NCC(O)CN2CCc3ccccc3C2)n1. The third-order valence-corrected chi connectivity index (χ3v) is 5.24. The van der Waals surface area contributed by atoms with Crippen LogP contribution in [0, 0.1) is 6.92 Å². The van der Waals surface area contributed by atoms with E-state index < -0.39 is 6.10 Å². The van der Waals surface area contributed by atoms with E-state index in [1.54, 1.807) is 13.0 Å². The number of aliphatic hydroxyl groups excluding tert-OH is 1. The van der Waals surface area contributed by atoms with E-state index in [0.29, 0.717) is 37.1 Å². The van der Waals surface area contributed by atoms with Crippen LogP contribution < -0.4 is 10.6 Å². The second-order valence-electron chi connectivity index (χ2n) is 7.68. The molecule has 154 valence electrons. The molecule has 1 atom stereocenters. The highest BCUT2D eigenvalue weighted by Crippen LogP contribution is 2.18. The lowest BCUT2D eigenvalue weighted by Gasteiger charge is -2.30. The minimum atomic E-state index is -0.642. The zero-order valence-electron chi connectivity index (χ0n) is 16.6. The van der Waals surface area contributed by atoms with Crippen molar-refractivity contribution in [3.8, 4) is 0 Å². The first-order valence-corrected chi connectivity index (χ1v) is 10.0. The number of anilines is 1. The van der Waals surface area contributed by atoms with E-state index in [-0.39, 0.29) is 18.5 Å². The van der Waals surface area contributed by atoms with Gasteiger partial charge in [0.05, 0.1) is 25.4 Å². The molecule has 2 aromatic rings. The monoisotopic (exact) mass is 397 g/mol. The molecule has 29 heavy (non-hydrogen) atoms. The number of hydrogen-bond donors (Lipinski definition) is 3. The van der Waals surface area contributed by atoms with Crippen molar-refractivity contribution in [2.24, 2.45) is 0 Å². The van der Waals surface area contributed by atoms with Gasteiger partial charge < -0.3 is 20.5 Å². The van der Waals surface area contributed by atoms with Crippen molar-refractivity contribution in [2.75, 3.05) is 38.2 Å². The summed E-state index contributed by atoms with van der Waals surface area (Å²) in [5.74, 6) is 0.822. The maximum Gasteiger partial charge on any atom is 0.270 e. The van der Waals surface area contributed by atoms with E-state index in [0.717, 1.165) is 19.5 Å². The van der Waals surface area contributed by atoms with Crippen LogP contribution in [0.1, 0.15) is 27.4 Å². The molecular formula is C21H27N5O3. The summed E-state index contributed by atoms with van der Waals surface area (Å²) < 4.78 is 5.14. The number of hydrogen-bond acceptors (Lipinski definition) is 7. The number of nitrogens with zero attached hydrogens (tertiary/aromatic N) is 3. The Morgan fingerprint density at radius 2 is 2.10 bits per heavy atom. The summed E-state index contributed by atoms with van der Waals surface area (Å²) in [6.07, 6.45) is 0.342. The highest BCUT2D eigenvalue weighted by atomic mass is 16.5. The van der Waals surface area contributed by atoms with E-state index in [2.05, 4.69) is 43.7 Å². The van der Waals surface area contributed by atoms with E-state index in [1.165, 1.54) is 11.1 Å². The average Bonchev–Trinajstić information content (AvgIpc) is 2.68. The van der Waals surface area contributed by atoms with Crippen molar-refractivity contribution in [3.63, 3.8) is 0 Å². The molecule has 0 bridgehead atoms. The molecule has 3 heterocycles. The standard InChI is InChI=1S/C21H27N5O3/c1-14-23-19(8-20(24-14)25-17-12-29-13-17)21(28)22-9-18(27)11-26-7-6-15-4-2-3-5-16(15)10-26/h2-5,8,17-18,27H,6-7,9-13H2,1H3,(H,22,28)(H,23,24,25). The predicted molar refractivity (Wildman–Crippen MR) is 109 cm³/mol. The highest BCUT2D eigenvalue weighted by molar-refractivity contribution is 5.92. The van der Waals surface area contributed by atoms with E-state index in [1.807, 2.05) is 6.07 Å². The number of rotatable bonds is 7. The molecule has 4 rings (SSSR count). The number of ether oxygens (including phenoxy) is 1. The molecule has 1 fully saturated rings. The summed E-state index contributed by atoms with van der Waals surface area (Å²) in [5, 5.41) is 16.4. The first-order valence-electron chi connectivity index (χ1n) is 10.0. The molecule has 3 N–H and O–H groups in total. The Hall–Kier alpha value is -2.55. The van der Waals surface area contributed by atoms with Gasteiger partial charge in [-0.1, -0.05) is 24.3 Å². The van der Waals surface area contributed by atoms with Gasteiger partial charge in [-0.2, -0.15) is 0 Å². The van der Waals surface area contributed by atoms with E-state index >= 15 is 0 Å². The number of aliphatic hydroxyl groups is 1. The minimum absolute atomic E-state index is 0.180. The van der Waals surface area contributed by atoms with Gasteiger partial charge in [0.15, 0.2) is 0 Å². The van der Waals surface area contributed by atoms with Gasteiger partial charge in [-0.25, -0.2) is 9.97 Å². The zero-order valence-corrected chi connectivity index (χ0v) is 16.6. The second-order valence-corrected chi connectivity index (χ2v) is 7.68. The smallest absolute Gasteiger partial charge is 0.270 e. The van der Waals surface area contributed by atoms with Gasteiger partial charge in [-0.15, -0.1) is 0 Å². The number of amides is 1. The van der Waals surface area contributed by atoms with Gasteiger partial charge in [-0.05, 0) is 24.5 Å². The molecule has 1 saturated heterocycles. The Labute approximate surface area is 170 Å². The van der Waals surface area contributed by atoms with Gasteiger partial charge in [0, 0.05) is 32.2 Å². The van der Waals surface area contributed by atoms with Crippen LogP contribution in [0.15, 0.2) is 30.3 Å². The fourth-order valence-corrected chi connectivity index (χ4v) is 3.66. The van der Waals surface area contributed by atoms with Crippen molar-refractivity contribution in [3.05, 3.63) is 53.0 Å². The van der Waals surface area contributed by atoms with Gasteiger partial charge >= 0.3 is 0 Å². The van der Waals surface area contributed by atoms with Crippen molar-refractivity contribution < 1.29 is 14.6 Å². The lowest BCUT2D eigenvalue weighted by Crippen LogP contribution is -2.42. The molecule has 1 amide bonds. The molecule has 0 saturated carbocycles. The van der Waals surface area contributed by atoms with Crippen LogP contribution in [0.25, 0.3) is 0 Å². The first-order chi connectivity index (χ1) is 14.1. The number of fused-ring (bicyclic) bond motifs is 1. The summed E-state index contributed by atoms with van der Waals surface area (Å²) in [6.45, 7) is 5.46. The number of nitrogens with one attached hydrogen (secondary N) is 2. The molecule has 1 aromatic heterocycles. The molecule has 2 aliphatic heterocycles. The number of β-amino-alcohol motifs (C(OH)–C–C–N with tert-alkyl or cyclic N) is 1. The summed E-state index contributed by atoms with van der Waals surface area (Å²) in [4.78, 5) is 23.3. The topological polar surface area (TPSA) is 99.6 Å². The van der Waals surface area contributed by atoms with Crippen LogP contribution in [0.2, 0.25) is 0 Å². The first kappa shape index (κ1) is 19.8. The molecule has 8 nitrogen and oxygen atoms in total. The van der Waals surface area contributed by atoms with Crippen LogP contribution in [0.5, 0.6) is 0 Å². The number of carbonyl (C=O) groups excluding carboxylic acids is 1. The fourth-order valence-electron chi connectivity index (χ4n) is 3.66. The van der Waals surface area contributed by atoms with Crippen LogP contribution in [-0.4, -0.2) is 70.9 Å². The average molecular weight is 397 g/mol. The number of aryl methyl sites for hydroxylation is 1. The summed E-state index contributed by atoms with van der Waals surface area (Å²) >= 11 is 0. The molecule has 0 radical (unpaired) electrons. The molecular weight excluding hydrogens is 370 g/mol. The Balaban J connectivity index is 1.28. The summed E-state index contributed by atoms with van der Waals surface area (Å²) in [5.41, 5.74) is 2.98. The molecule has 2 aliphatic rings. The normalized spacial score (nSPS) is 17.9. The largest absolute Gasteiger partial charge is 0.390 e. The van der Waals surface area contributed by atoms with Crippen molar-refractivity contribution >= 4 is 11.7 Å². The Morgan fingerprint density at radius 3 is 2.86 bits per heavy atom. The Kier molecular flexibility index (Phi) is 6.03. The quantitative estimate of drug-likeness (QED) is 0.634. The molecule has 1 aromatic carbocycles. The fraction of sp³-hybridized carbons (Fsp3) is 0.476. The molecule has 0 aliphatic carbocycles. The van der Waals surface area contributed by atoms with E-state index in [9.17, 15) is 9.90 Å². The minimum Gasteiger partial charge on any atom is -0.390 e. The van der Waals surface area contributed by atoms with Crippen molar-refractivity contribution in [1.29, 1.82) is 0 Å². The second kappa shape index (κ2) is 8.86. The van der Waals surface area contributed by atoms with Crippen LogP contribution in [0.3, 0.4) is 0 Å². The Bertz CT molecular complexity index is 871. The van der Waals surface area contributed by atoms with E-state index in [4.69, 9.17) is 4.74 Å². The van der Waals surface area contributed by atoms with Crippen LogP contribution in [0.4, 0.5) is 5.82 Å². The molecule has 8 heteroatoms. The highest BCUT2D eigenvalue weighted by Gasteiger charge is 2.21. The zero-order chi connectivity index (χ0) is 20.2. The van der Waals surface area contributed by atoms with Crippen LogP contribution in [-0.2, 0) is 17.7 Å². The van der Waals surface area contributed by atoms with Gasteiger partial charge in [0.1, 0.15) is 17.3 Å². The summed E-state index contributed by atoms with van der Waals surface area (Å²) in [7, 11) is 0. The summed E-state index contributed by atoms with van der Waals surface area (Å²) in [6, 6.07) is 10.3.